The second-order valence-electron chi connectivity index (χ2n) is 5.72. The Labute approximate surface area is 155 Å². The summed E-state index contributed by atoms with van der Waals surface area (Å²) in [6.45, 7) is -0.357. The molecule has 0 amide bonds. The molecule has 24 heavy (non-hydrogen) atoms. The number of nitrogens with zero attached hydrogens (tertiary/aromatic N) is 1. The average molecular weight is 475 g/mol. The number of hydrogen-bond donors (Lipinski definition) is 2. The van der Waals surface area contributed by atoms with Gasteiger partial charge in [0.25, 0.3) is 0 Å². The summed E-state index contributed by atoms with van der Waals surface area (Å²) >= 11 is 0. The quantitative estimate of drug-likeness (QED) is 0.658. The van der Waals surface area contributed by atoms with Gasteiger partial charge in [-0.15, -0.1) is 24.0 Å². The van der Waals surface area contributed by atoms with Crippen LogP contribution in [0, 0.1) is 0 Å². The van der Waals surface area contributed by atoms with Crippen molar-refractivity contribution in [1.82, 2.24) is 10.6 Å². The molecule has 1 unspecified atom stereocenters. The van der Waals surface area contributed by atoms with Crippen molar-refractivity contribution in [3.05, 3.63) is 30.3 Å². The number of aliphatic imine (C=N–C) groups is 1. The van der Waals surface area contributed by atoms with Crippen LogP contribution in [0.3, 0.4) is 0 Å². The van der Waals surface area contributed by atoms with Crippen molar-refractivity contribution in [2.75, 3.05) is 6.54 Å². The van der Waals surface area contributed by atoms with Crippen LogP contribution in [-0.4, -0.2) is 44.4 Å². The molecular weight excluding hydrogens is 458 g/mol. The van der Waals surface area contributed by atoms with E-state index in [1.807, 2.05) is 0 Å². The predicted octanol–water partition coefficient (Wildman–Crippen LogP) is 2.09. The van der Waals surface area contributed by atoms with Gasteiger partial charge in [-0.25, -0.2) is 8.42 Å². The molecule has 5 nitrogen and oxygen atoms in total. The Bertz CT molecular complexity index is 704. The molecule has 0 radical (unpaired) electrons. The summed E-state index contributed by atoms with van der Waals surface area (Å²) in [6, 6.07) is 6.31. The zero-order chi connectivity index (χ0) is 16.7. The van der Waals surface area contributed by atoms with Crippen LogP contribution in [0.15, 0.2) is 40.2 Å². The monoisotopic (exact) mass is 475 g/mol. The van der Waals surface area contributed by atoms with Crippen LogP contribution in [0.5, 0.6) is 0 Å². The van der Waals surface area contributed by atoms with Gasteiger partial charge in [-0.05, 0) is 25.0 Å². The topological polar surface area (TPSA) is 70.6 Å². The fourth-order valence-corrected chi connectivity index (χ4v) is 4.54. The van der Waals surface area contributed by atoms with E-state index < -0.39 is 27.3 Å². The number of rotatable bonds is 3. The third-order valence-electron chi connectivity index (χ3n) is 4.08. The maximum Gasteiger partial charge on any atom is 0.410 e. The molecule has 0 spiro atoms. The minimum atomic E-state index is -4.34. The Hall–Kier alpha value is -1.04. The molecule has 0 aromatic heterocycles. The molecule has 0 saturated heterocycles. The smallest absolute Gasteiger partial charge is 0.354 e. The van der Waals surface area contributed by atoms with E-state index in [-0.39, 0.29) is 47.4 Å². The molecular formula is C14H17F3IN3O2S. The SMILES string of the molecule is I.O=S(=O)(c1ccccc1)C1CC(NC2=NCC(C(F)(F)F)N2)C1. The second-order valence-corrected chi connectivity index (χ2v) is 7.95. The van der Waals surface area contributed by atoms with Crippen LogP contribution in [0.2, 0.25) is 0 Å². The molecule has 2 aliphatic rings. The van der Waals surface area contributed by atoms with Crippen LogP contribution >= 0.6 is 24.0 Å². The van der Waals surface area contributed by atoms with Crippen LogP contribution in [0.25, 0.3) is 0 Å². The summed E-state index contributed by atoms with van der Waals surface area (Å²) in [5.74, 6) is 0.0906. The highest BCUT2D eigenvalue weighted by Crippen LogP contribution is 2.32. The Morgan fingerprint density at radius 2 is 1.79 bits per heavy atom. The Kier molecular flexibility index (Phi) is 5.68. The second kappa shape index (κ2) is 7.06. The van der Waals surface area contributed by atoms with Crippen LogP contribution in [0.4, 0.5) is 13.2 Å². The van der Waals surface area contributed by atoms with Gasteiger partial charge in [-0.2, -0.15) is 13.2 Å². The van der Waals surface area contributed by atoms with Crippen molar-refractivity contribution < 1.29 is 21.6 Å². The zero-order valence-electron chi connectivity index (χ0n) is 12.5. The molecule has 10 heteroatoms. The van der Waals surface area contributed by atoms with E-state index in [0.29, 0.717) is 12.8 Å². The van der Waals surface area contributed by atoms with Crippen molar-refractivity contribution in [2.24, 2.45) is 4.99 Å². The fraction of sp³-hybridized carbons (Fsp3) is 0.500. The molecule has 1 aromatic rings. The molecule has 3 rings (SSSR count). The molecule has 1 aliphatic heterocycles. The number of guanidine groups is 1. The number of benzene rings is 1. The molecule has 2 N–H and O–H groups in total. The van der Waals surface area contributed by atoms with Crippen molar-refractivity contribution in [2.45, 2.75) is 41.2 Å². The van der Waals surface area contributed by atoms with E-state index in [1.54, 1.807) is 30.3 Å². The van der Waals surface area contributed by atoms with Crippen molar-refractivity contribution in [3.8, 4) is 0 Å². The van der Waals surface area contributed by atoms with E-state index >= 15 is 0 Å². The van der Waals surface area contributed by atoms with E-state index in [4.69, 9.17) is 0 Å². The van der Waals surface area contributed by atoms with Gasteiger partial charge >= 0.3 is 6.18 Å². The zero-order valence-corrected chi connectivity index (χ0v) is 15.6. The van der Waals surface area contributed by atoms with Crippen molar-refractivity contribution >= 4 is 39.8 Å². The lowest BCUT2D eigenvalue weighted by Crippen LogP contribution is -2.54. The molecule has 1 aromatic carbocycles. The number of halogens is 4. The highest BCUT2D eigenvalue weighted by Gasteiger charge is 2.44. The molecule has 1 heterocycles. The first kappa shape index (κ1) is 19.3. The van der Waals surface area contributed by atoms with Crippen molar-refractivity contribution in [1.29, 1.82) is 0 Å². The highest BCUT2D eigenvalue weighted by molar-refractivity contribution is 14.0. The maximum absolute atomic E-state index is 12.5. The molecule has 1 fully saturated rings. The van der Waals surface area contributed by atoms with Crippen molar-refractivity contribution in [3.63, 3.8) is 0 Å². The summed E-state index contributed by atoms with van der Waals surface area (Å²) < 4.78 is 62.3. The summed E-state index contributed by atoms with van der Waals surface area (Å²) in [7, 11) is -3.38. The van der Waals surface area contributed by atoms with Gasteiger partial charge in [-0.1, -0.05) is 18.2 Å². The van der Waals surface area contributed by atoms with E-state index in [0.717, 1.165) is 0 Å². The summed E-state index contributed by atoms with van der Waals surface area (Å²) in [6.07, 6.45) is -3.63. The first-order valence-corrected chi connectivity index (χ1v) is 8.74. The predicted molar refractivity (Wildman–Crippen MR) is 94.3 cm³/mol. The lowest BCUT2D eigenvalue weighted by molar-refractivity contribution is -0.147. The van der Waals surface area contributed by atoms with Gasteiger partial charge in [-0.3, -0.25) is 4.99 Å². The third kappa shape index (κ3) is 3.95. The normalized spacial score (nSPS) is 26.6. The van der Waals surface area contributed by atoms with Gasteiger partial charge < -0.3 is 10.6 Å². The standard InChI is InChI=1S/C14H16F3N3O2S.HI/c15-14(16,17)12-8-18-13(20-12)19-9-6-11(7-9)23(21,22)10-4-2-1-3-5-10;/h1-5,9,11-12H,6-8H2,(H2,18,19,20);1H. The van der Waals surface area contributed by atoms with Gasteiger partial charge in [0.1, 0.15) is 6.04 Å². The molecule has 0 bridgehead atoms. The number of hydrogen-bond acceptors (Lipinski definition) is 5. The third-order valence-corrected chi connectivity index (χ3v) is 6.28. The lowest BCUT2D eigenvalue weighted by Gasteiger charge is -2.35. The Morgan fingerprint density at radius 1 is 1.17 bits per heavy atom. The maximum atomic E-state index is 12.5. The summed E-state index contributed by atoms with van der Waals surface area (Å²) in [5, 5.41) is 4.61. The molecule has 134 valence electrons. The fourth-order valence-electron chi connectivity index (χ4n) is 2.64. The van der Waals surface area contributed by atoms with Gasteiger partial charge in [0, 0.05) is 6.04 Å². The largest absolute Gasteiger partial charge is 0.410 e. The van der Waals surface area contributed by atoms with Crippen LogP contribution < -0.4 is 10.6 Å². The Morgan fingerprint density at radius 3 is 2.33 bits per heavy atom. The molecule has 1 saturated carbocycles. The molecule has 1 aliphatic carbocycles. The number of nitrogens with one attached hydrogen (secondary N) is 2. The summed E-state index contributed by atoms with van der Waals surface area (Å²) in [4.78, 5) is 4.05. The average Bonchev–Trinajstić information content (AvgIpc) is 2.92. The highest BCUT2D eigenvalue weighted by atomic mass is 127. The minimum absolute atomic E-state index is 0. The molecule has 1 atom stereocenters. The van der Waals surface area contributed by atoms with Crippen LogP contribution in [-0.2, 0) is 9.84 Å². The van der Waals surface area contributed by atoms with E-state index in [2.05, 4.69) is 15.6 Å². The first-order valence-electron chi connectivity index (χ1n) is 7.20. The van der Waals surface area contributed by atoms with Gasteiger partial charge in [0.2, 0.25) is 0 Å². The van der Waals surface area contributed by atoms with Gasteiger partial charge in [0.05, 0.1) is 16.7 Å². The number of alkyl halides is 3. The van der Waals surface area contributed by atoms with Crippen LogP contribution in [0.1, 0.15) is 12.8 Å². The first-order chi connectivity index (χ1) is 10.8. The number of sulfone groups is 1. The minimum Gasteiger partial charge on any atom is -0.354 e. The summed E-state index contributed by atoms with van der Waals surface area (Å²) in [5.41, 5.74) is 0. The lowest BCUT2D eigenvalue weighted by atomic mass is 9.92. The Balaban J connectivity index is 0.00000208. The van der Waals surface area contributed by atoms with E-state index in [9.17, 15) is 21.6 Å². The van der Waals surface area contributed by atoms with Gasteiger partial charge in [0.15, 0.2) is 15.8 Å². The van der Waals surface area contributed by atoms with E-state index in [1.165, 1.54) is 0 Å².